The number of hydrogen-bond acceptors (Lipinski definition) is 7. The Morgan fingerprint density at radius 2 is 1.68 bits per heavy atom. The fourth-order valence-corrected chi connectivity index (χ4v) is 4.15. The number of fused-ring (bicyclic) bond motifs is 1. The van der Waals surface area contributed by atoms with Crippen LogP contribution in [-0.2, 0) is 17.6 Å². The van der Waals surface area contributed by atoms with E-state index in [1.165, 1.54) is 12.8 Å². The van der Waals surface area contributed by atoms with Crippen LogP contribution in [0.5, 0.6) is 5.88 Å². The number of aromatic nitrogens is 2. The van der Waals surface area contributed by atoms with Gasteiger partial charge in [-0.25, -0.2) is 4.98 Å². The molecule has 2 fully saturated rings. The van der Waals surface area contributed by atoms with E-state index >= 15 is 0 Å². The van der Waals surface area contributed by atoms with Gasteiger partial charge in [0, 0.05) is 32.2 Å². The Labute approximate surface area is 148 Å². The van der Waals surface area contributed by atoms with E-state index in [0.717, 1.165) is 56.0 Å². The summed E-state index contributed by atoms with van der Waals surface area (Å²) in [5, 5.41) is 20.4. The average molecular weight is 349 g/mol. The minimum atomic E-state index is -0.964. The third-order valence-electron chi connectivity index (χ3n) is 5.66. The molecule has 0 radical (unpaired) electrons. The predicted octanol–water partition coefficient (Wildman–Crippen LogP) is 0.843. The lowest BCUT2D eigenvalue weighted by Crippen LogP contribution is -2.35. The highest BCUT2D eigenvalue weighted by Gasteiger charge is 2.44. The van der Waals surface area contributed by atoms with Crippen LogP contribution in [0.15, 0.2) is 0 Å². The summed E-state index contributed by atoms with van der Waals surface area (Å²) in [7, 11) is 1.54. The molecule has 1 aromatic rings. The maximum absolute atomic E-state index is 10.3. The molecule has 0 unspecified atom stereocenters. The lowest BCUT2D eigenvalue weighted by Gasteiger charge is -2.25. The van der Waals surface area contributed by atoms with E-state index < -0.39 is 24.4 Å². The zero-order valence-electron chi connectivity index (χ0n) is 14.7. The first-order chi connectivity index (χ1) is 12.2. The Morgan fingerprint density at radius 3 is 2.40 bits per heavy atom. The van der Waals surface area contributed by atoms with Gasteiger partial charge in [-0.15, -0.1) is 0 Å². The van der Waals surface area contributed by atoms with Crippen molar-refractivity contribution in [2.24, 2.45) is 0 Å². The average Bonchev–Trinajstić information content (AvgIpc) is 3.26. The minimum absolute atomic E-state index is 0.407. The van der Waals surface area contributed by atoms with Crippen molar-refractivity contribution in [3.8, 4) is 5.88 Å². The molecule has 0 amide bonds. The molecule has 4 rings (SSSR count). The van der Waals surface area contributed by atoms with Gasteiger partial charge >= 0.3 is 0 Å². The van der Waals surface area contributed by atoms with Crippen molar-refractivity contribution in [3.05, 3.63) is 11.3 Å². The molecule has 25 heavy (non-hydrogen) atoms. The van der Waals surface area contributed by atoms with Crippen LogP contribution in [-0.4, -0.2) is 64.8 Å². The number of ether oxygens (including phenoxy) is 2. The van der Waals surface area contributed by atoms with E-state index in [-0.39, 0.29) is 0 Å². The molecule has 0 bridgehead atoms. The Morgan fingerprint density at radius 1 is 0.960 bits per heavy atom. The maximum atomic E-state index is 10.3. The largest absolute Gasteiger partial charge is 0.471 e. The van der Waals surface area contributed by atoms with Crippen molar-refractivity contribution >= 4 is 5.95 Å². The van der Waals surface area contributed by atoms with Crippen molar-refractivity contribution in [3.63, 3.8) is 0 Å². The molecule has 7 heteroatoms. The Kier molecular flexibility index (Phi) is 4.80. The summed E-state index contributed by atoms with van der Waals surface area (Å²) in [5.74, 6) is 1.32. The van der Waals surface area contributed by atoms with Crippen LogP contribution in [0.2, 0.25) is 0 Å². The third kappa shape index (κ3) is 3.20. The summed E-state index contributed by atoms with van der Waals surface area (Å²) >= 11 is 0. The molecule has 2 N–H and O–H groups in total. The first-order valence-electron chi connectivity index (χ1n) is 9.37. The molecular formula is C18H27N3O4. The molecule has 1 saturated heterocycles. The highest BCUT2D eigenvalue weighted by atomic mass is 16.5. The summed E-state index contributed by atoms with van der Waals surface area (Å²) in [5.41, 5.74) is 2.14. The standard InChI is InChI=1S/C18H27N3O4/c1-24-13-10-14(16(23)15(13)22)25-17-11-6-2-3-7-12(11)19-18(20-17)21-8-4-5-9-21/h13-16,22-23H,2-10H2,1H3/t13-,14+,15+,16-/m1/s1. The van der Waals surface area contributed by atoms with Crippen LogP contribution in [0, 0.1) is 0 Å². The number of aliphatic hydroxyl groups excluding tert-OH is 2. The summed E-state index contributed by atoms with van der Waals surface area (Å²) in [6.45, 7) is 1.96. The van der Waals surface area contributed by atoms with Crippen molar-refractivity contribution in [1.29, 1.82) is 0 Å². The molecule has 3 aliphatic rings. The summed E-state index contributed by atoms with van der Waals surface area (Å²) in [6, 6.07) is 0. The number of hydrogen-bond donors (Lipinski definition) is 2. The van der Waals surface area contributed by atoms with E-state index in [1.54, 1.807) is 7.11 Å². The Hall–Kier alpha value is -1.44. The topological polar surface area (TPSA) is 87.9 Å². The van der Waals surface area contributed by atoms with Gasteiger partial charge in [-0.05, 0) is 38.5 Å². The molecule has 1 aliphatic heterocycles. The molecule has 1 saturated carbocycles. The van der Waals surface area contributed by atoms with Gasteiger partial charge in [-0.2, -0.15) is 4.98 Å². The maximum Gasteiger partial charge on any atom is 0.228 e. The van der Waals surface area contributed by atoms with Gasteiger partial charge < -0.3 is 24.6 Å². The van der Waals surface area contributed by atoms with Crippen LogP contribution >= 0.6 is 0 Å². The normalized spacial score (nSPS) is 32.0. The van der Waals surface area contributed by atoms with E-state index in [4.69, 9.17) is 19.4 Å². The van der Waals surface area contributed by atoms with E-state index in [1.807, 2.05) is 0 Å². The van der Waals surface area contributed by atoms with Gasteiger partial charge in [0.1, 0.15) is 18.3 Å². The van der Waals surface area contributed by atoms with Crippen LogP contribution in [0.4, 0.5) is 5.95 Å². The van der Waals surface area contributed by atoms with Gasteiger partial charge in [0.2, 0.25) is 11.8 Å². The lowest BCUT2D eigenvalue weighted by molar-refractivity contribution is -0.0486. The second kappa shape index (κ2) is 7.05. The van der Waals surface area contributed by atoms with Crippen molar-refractivity contribution < 1.29 is 19.7 Å². The zero-order chi connectivity index (χ0) is 17.4. The summed E-state index contributed by atoms with van der Waals surface area (Å²) < 4.78 is 11.4. The minimum Gasteiger partial charge on any atom is -0.471 e. The summed E-state index contributed by atoms with van der Waals surface area (Å²) in [4.78, 5) is 11.7. The van der Waals surface area contributed by atoms with Crippen molar-refractivity contribution in [2.45, 2.75) is 69.4 Å². The van der Waals surface area contributed by atoms with Gasteiger partial charge in [-0.1, -0.05) is 0 Å². The van der Waals surface area contributed by atoms with Gasteiger partial charge in [0.15, 0.2) is 0 Å². The molecule has 0 aromatic carbocycles. The van der Waals surface area contributed by atoms with Gasteiger partial charge in [0.25, 0.3) is 0 Å². The van der Waals surface area contributed by atoms with E-state index in [9.17, 15) is 10.2 Å². The number of rotatable bonds is 4. The number of aliphatic hydroxyl groups is 2. The molecule has 138 valence electrons. The second-order valence-electron chi connectivity index (χ2n) is 7.30. The van der Waals surface area contributed by atoms with Crippen molar-refractivity contribution in [2.75, 3.05) is 25.1 Å². The number of aryl methyl sites for hydroxylation is 1. The first-order valence-corrected chi connectivity index (χ1v) is 9.37. The lowest BCUT2D eigenvalue weighted by atomic mass is 9.97. The SMILES string of the molecule is CO[C@@H]1C[C@H](Oc2nc(N3CCCC3)nc3c2CCCC3)[C@@H](O)[C@H]1O. The molecule has 2 aliphatic carbocycles. The summed E-state index contributed by atoms with van der Waals surface area (Å²) in [6.07, 6.45) is 4.08. The van der Waals surface area contributed by atoms with Crippen LogP contribution in [0.3, 0.4) is 0 Å². The third-order valence-corrected chi connectivity index (χ3v) is 5.66. The van der Waals surface area contributed by atoms with E-state index in [2.05, 4.69) is 4.90 Å². The van der Waals surface area contributed by atoms with Gasteiger partial charge in [0.05, 0.1) is 11.8 Å². The molecule has 4 atom stereocenters. The first kappa shape index (κ1) is 17.0. The predicted molar refractivity (Wildman–Crippen MR) is 92.0 cm³/mol. The molecule has 1 aromatic heterocycles. The molecular weight excluding hydrogens is 322 g/mol. The number of methoxy groups -OCH3 is 1. The Bertz CT molecular complexity index is 621. The van der Waals surface area contributed by atoms with Crippen LogP contribution in [0.25, 0.3) is 0 Å². The molecule has 7 nitrogen and oxygen atoms in total. The monoisotopic (exact) mass is 349 g/mol. The smallest absolute Gasteiger partial charge is 0.228 e. The fourth-order valence-electron chi connectivity index (χ4n) is 4.15. The second-order valence-corrected chi connectivity index (χ2v) is 7.30. The van der Waals surface area contributed by atoms with Crippen LogP contribution in [0.1, 0.15) is 43.4 Å². The van der Waals surface area contributed by atoms with Crippen LogP contribution < -0.4 is 9.64 Å². The number of anilines is 1. The quantitative estimate of drug-likeness (QED) is 0.833. The number of nitrogens with zero attached hydrogens (tertiary/aromatic N) is 3. The highest BCUT2D eigenvalue weighted by molar-refractivity contribution is 5.42. The van der Waals surface area contributed by atoms with Crippen molar-refractivity contribution in [1.82, 2.24) is 9.97 Å². The van der Waals surface area contributed by atoms with E-state index in [0.29, 0.717) is 12.3 Å². The van der Waals surface area contributed by atoms with Gasteiger partial charge in [-0.3, -0.25) is 0 Å². The fraction of sp³-hybridized carbons (Fsp3) is 0.778. The molecule has 2 heterocycles. The zero-order valence-corrected chi connectivity index (χ0v) is 14.7. The highest BCUT2D eigenvalue weighted by Crippen LogP contribution is 2.33. The Balaban J connectivity index is 1.62. The molecule has 0 spiro atoms.